The normalized spacial score (nSPS) is 14.3. The van der Waals surface area contributed by atoms with Gasteiger partial charge in [-0.2, -0.15) is 13.8 Å². The molecular weight excluding hydrogens is 292 g/mol. The zero-order valence-electron chi connectivity index (χ0n) is 12.3. The Labute approximate surface area is 126 Å². The number of fused-ring (bicyclic) bond motifs is 1. The van der Waals surface area contributed by atoms with Gasteiger partial charge >= 0.3 is 6.61 Å². The zero-order chi connectivity index (χ0) is 15.5. The number of halogens is 2. The van der Waals surface area contributed by atoms with Crippen LogP contribution in [0.3, 0.4) is 0 Å². The van der Waals surface area contributed by atoms with Gasteiger partial charge in [-0.1, -0.05) is 12.1 Å². The van der Waals surface area contributed by atoms with Gasteiger partial charge < -0.3 is 14.2 Å². The molecule has 1 aliphatic rings. The summed E-state index contributed by atoms with van der Waals surface area (Å²) in [7, 11) is 0. The summed E-state index contributed by atoms with van der Waals surface area (Å²) in [5.74, 6) is 1.45. The number of benzene rings is 1. The summed E-state index contributed by atoms with van der Waals surface area (Å²) in [5.41, 5.74) is 2.00. The number of aromatic nitrogens is 2. The Hall–Kier alpha value is -2.18. The SMILES string of the molecule is CCc1noc(CN2CCCc3cc(OC(F)F)ccc32)n1. The minimum absolute atomic E-state index is 0.196. The second-order valence-electron chi connectivity index (χ2n) is 5.15. The standard InChI is InChI=1S/C15H17F2N3O2/c1-2-13-18-14(22-19-13)9-20-7-3-4-10-8-11(21-15(16)17)5-6-12(10)20/h5-6,8,15H,2-4,7,9H2,1H3. The number of aryl methyl sites for hydroxylation is 2. The summed E-state index contributed by atoms with van der Waals surface area (Å²) >= 11 is 0. The molecule has 1 aliphatic heterocycles. The van der Waals surface area contributed by atoms with Crippen molar-refractivity contribution in [1.82, 2.24) is 10.1 Å². The van der Waals surface area contributed by atoms with Gasteiger partial charge in [-0.15, -0.1) is 0 Å². The van der Waals surface area contributed by atoms with E-state index in [1.165, 1.54) is 0 Å². The third-order valence-corrected chi connectivity index (χ3v) is 3.64. The Morgan fingerprint density at radius 3 is 3.00 bits per heavy atom. The van der Waals surface area contributed by atoms with Gasteiger partial charge in [0.1, 0.15) is 5.75 Å². The molecule has 3 rings (SSSR count). The smallest absolute Gasteiger partial charge is 0.387 e. The Morgan fingerprint density at radius 1 is 1.41 bits per heavy atom. The molecule has 0 saturated carbocycles. The number of alkyl halides is 2. The topological polar surface area (TPSA) is 51.4 Å². The summed E-state index contributed by atoms with van der Waals surface area (Å²) < 4.78 is 34.3. The fourth-order valence-electron chi connectivity index (χ4n) is 2.65. The minimum atomic E-state index is -2.80. The molecule has 0 bridgehead atoms. The summed E-state index contributed by atoms with van der Waals surface area (Å²) in [6.07, 6.45) is 2.52. The lowest BCUT2D eigenvalue weighted by atomic mass is 10.0. The first-order valence-corrected chi connectivity index (χ1v) is 7.30. The molecule has 7 heteroatoms. The van der Waals surface area contributed by atoms with Crippen LogP contribution in [0.15, 0.2) is 22.7 Å². The third kappa shape index (κ3) is 3.18. The molecule has 0 radical (unpaired) electrons. The van der Waals surface area contributed by atoms with E-state index in [1.54, 1.807) is 12.1 Å². The lowest BCUT2D eigenvalue weighted by Gasteiger charge is -2.30. The van der Waals surface area contributed by atoms with Crippen molar-refractivity contribution in [2.75, 3.05) is 11.4 Å². The number of nitrogens with zero attached hydrogens (tertiary/aromatic N) is 3. The van der Waals surface area contributed by atoms with Crippen LogP contribution < -0.4 is 9.64 Å². The van der Waals surface area contributed by atoms with E-state index in [-0.39, 0.29) is 5.75 Å². The number of ether oxygens (including phenoxy) is 1. The molecule has 22 heavy (non-hydrogen) atoms. The lowest BCUT2D eigenvalue weighted by Crippen LogP contribution is -2.29. The maximum absolute atomic E-state index is 12.3. The Morgan fingerprint density at radius 2 is 2.27 bits per heavy atom. The van der Waals surface area contributed by atoms with Crippen LogP contribution in [-0.4, -0.2) is 23.3 Å². The van der Waals surface area contributed by atoms with Crippen LogP contribution in [0.4, 0.5) is 14.5 Å². The molecule has 0 unspecified atom stereocenters. The van der Waals surface area contributed by atoms with Crippen LogP contribution in [0, 0.1) is 0 Å². The summed E-state index contributed by atoms with van der Waals surface area (Å²) in [4.78, 5) is 6.43. The number of hydrogen-bond acceptors (Lipinski definition) is 5. The Balaban J connectivity index is 1.78. The predicted molar refractivity (Wildman–Crippen MR) is 76.1 cm³/mol. The lowest BCUT2D eigenvalue weighted by molar-refractivity contribution is -0.0498. The van der Waals surface area contributed by atoms with Crippen molar-refractivity contribution in [2.24, 2.45) is 0 Å². The fraction of sp³-hybridized carbons (Fsp3) is 0.467. The van der Waals surface area contributed by atoms with E-state index < -0.39 is 6.61 Å². The summed E-state index contributed by atoms with van der Waals surface area (Å²) in [5, 5.41) is 3.89. The van der Waals surface area contributed by atoms with Crippen molar-refractivity contribution >= 4 is 5.69 Å². The van der Waals surface area contributed by atoms with Crippen LogP contribution in [0.1, 0.15) is 30.6 Å². The van der Waals surface area contributed by atoms with Gasteiger partial charge in [-0.05, 0) is 36.6 Å². The maximum atomic E-state index is 12.3. The first-order valence-electron chi connectivity index (χ1n) is 7.30. The fourth-order valence-corrected chi connectivity index (χ4v) is 2.65. The number of anilines is 1. The summed E-state index contributed by atoms with van der Waals surface area (Å²) in [6.45, 7) is 0.555. The van der Waals surface area contributed by atoms with E-state index in [1.807, 2.05) is 13.0 Å². The molecule has 0 spiro atoms. The number of hydrogen-bond donors (Lipinski definition) is 0. The second kappa shape index (κ2) is 6.29. The number of rotatable bonds is 5. The van der Waals surface area contributed by atoms with Crippen molar-refractivity contribution in [1.29, 1.82) is 0 Å². The van der Waals surface area contributed by atoms with E-state index in [4.69, 9.17) is 4.52 Å². The Kier molecular flexibility index (Phi) is 4.22. The molecule has 0 amide bonds. The molecular formula is C15H17F2N3O2. The zero-order valence-corrected chi connectivity index (χ0v) is 12.3. The van der Waals surface area contributed by atoms with Crippen molar-refractivity contribution in [3.63, 3.8) is 0 Å². The predicted octanol–water partition coefficient (Wildman–Crippen LogP) is 3.19. The molecule has 118 valence electrons. The van der Waals surface area contributed by atoms with Crippen LogP contribution in [-0.2, 0) is 19.4 Å². The van der Waals surface area contributed by atoms with Crippen LogP contribution in [0.5, 0.6) is 5.75 Å². The van der Waals surface area contributed by atoms with Gasteiger partial charge in [0.2, 0.25) is 5.89 Å². The minimum Gasteiger partial charge on any atom is -0.435 e. The van der Waals surface area contributed by atoms with Crippen LogP contribution in [0.2, 0.25) is 0 Å². The second-order valence-corrected chi connectivity index (χ2v) is 5.15. The van der Waals surface area contributed by atoms with E-state index in [9.17, 15) is 8.78 Å². The maximum Gasteiger partial charge on any atom is 0.387 e. The highest BCUT2D eigenvalue weighted by Gasteiger charge is 2.20. The van der Waals surface area contributed by atoms with Crippen LogP contribution in [0.25, 0.3) is 0 Å². The van der Waals surface area contributed by atoms with Crippen LogP contribution >= 0.6 is 0 Å². The van der Waals surface area contributed by atoms with Gasteiger partial charge in [0.15, 0.2) is 5.82 Å². The molecule has 0 fully saturated rings. The van der Waals surface area contributed by atoms with Crippen molar-refractivity contribution < 1.29 is 18.0 Å². The molecule has 0 saturated heterocycles. The van der Waals surface area contributed by atoms with Crippen molar-refractivity contribution in [3.8, 4) is 5.75 Å². The third-order valence-electron chi connectivity index (χ3n) is 3.64. The molecule has 1 aromatic heterocycles. The van der Waals surface area contributed by atoms with Gasteiger partial charge in [-0.3, -0.25) is 0 Å². The largest absolute Gasteiger partial charge is 0.435 e. The average Bonchev–Trinajstić information content (AvgIpc) is 2.94. The van der Waals surface area contributed by atoms with E-state index in [0.29, 0.717) is 18.3 Å². The average molecular weight is 309 g/mol. The van der Waals surface area contributed by atoms with Crippen molar-refractivity contribution in [3.05, 3.63) is 35.5 Å². The van der Waals surface area contributed by atoms with E-state index in [2.05, 4.69) is 19.8 Å². The van der Waals surface area contributed by atoms with Crippen molar-refractivity contribution in [2.45, 2.75) is 39.3 Å². The monoisotopic (exact) mass is 309 g/mol. The first-order chi connectivity index (χ1) is 10.7. The summed E-state index contributed by atoms with van der Waals surface area (Å²) in [6, 6.07) is 5.05. The molecule has 2 heterocycles. The molecule has 0 aliphatic carbocycles. The van der Waals surface area contributed by atoms with Gasteiger partial charge in [0, 0.05) is 18.7 Å². The Bertz CT molecular complexity index is 645. The highest BCUT2D eigenvalue weighted by Crippen LogP contribution is 2.31. The quantitative estimate of drug-likeness (QED) is 0.849. The molecule has 1 aromatic carbocycles. The molecule has 2 aromatic rings. The van der Waals surface area contributed by atoms with E-state index >= 15 is 0 Å². The molecule has 0 atom stereocenters. The first kappa shape index (κ1) is 14.7. The molecule has 0 N–H and O–H groups in total. The molecule has 5 nitrogen and oxygen atoms in total. The van der Waals surface area contributed by atoms with E-state index in [0.717, 1.165) is 37.1 Å². The highest BCUT2D eigenvalue weighted by atomic mass is 19.3. The van der Waals surface area contributed by atoms with Gasteiger partial charge in [0.05, 0.1) is 6.54 Å². The van der Waals surface area contributed by atoms with Gasteiger partial charge in [-0.25, -0.2) is 0 Å². The van der Waals surface area contributed by atoms with Gasteiger partial charge in [0.25, 0.3) is 0 Å². The highest BCUT2D eigenvalue weighted by molar-refractivity contribution is 5.58.